The Balaban J connectivity index is 2.45. The number of aromatic nitrogens is 1. The largest absolute Gasteiger partial charge is 0.464 e. The van der Waals surface area contributed by atoms with E-state index in [1.54, 1.807) is 19.1 Å². The molecule has 10 nitrogen and oxygen atoms in total. The summed E-state index contributed by atoms with van der Waals surface area (Å²) in [4.78, 5) is 12.0. The van der Waals surface area contributed by atoms with Crippen LogP contribution in [0.25, 0.3) is 5.69 Å². The molecule has 0 aliphatic rings. The quantitative estimate of drug-likeness (QED) is 0.503. The molecule has 2 N–H and O–H groups in total. The fourth-order valence-electron chi connectivity index (χ4n) is 3.23. The Labute approximate surface area is 197 Å². The number of rotatable bonds is 6. The molecule has 34 heavy (non-hydrogen) atoms. The maximum atomic E-state index is 13.6. The molecule has 0 saturated heterocycles. The fourth-order valence-corrected chi connectivity index (χ4v) is 5.58. The van der Waals surface area contributed by atoms with Gasteiger partial charge in [-0.15, -0.1) is 0 Å². The summed E-state index contributed by atoms with van der Waals surface area (Å²) >= 11 is 0. The predicted octanol–water partition coefficient (Wildman–Crippen LogP) is 2.11. The van der Waals surface area contributed by atoms with Crippen molar-refractivity contribution < 1.29 is 26.4 Å². The van der Waals surface area contributed by atoms with E-state index < -0.39 is 25.8 Å². The third-order valence-corrected chi connectivity index (χ3v) is 8.76. The molecule has 3 rings (SSSR count). The molecule has 178 valence electrons. The van der Waals surface area contributed by atoms with Crippen molar-refractivity contribution in [1.29, 1.82) is 5.26 Å². The maximum Gasteiger partial charge on any atom is 0.357 e. The van der Waals surface area contributed by atoms with E-state index in [9.17, 15) is 26.9 Å². The van der Waals surface area contributed by atoms with Gasteiger partial charge in [0.1, 0.15) is 6.07 Å². The number of carbonyl (C=O) groups excluding carboxylic acids is 1. The standard InChI is InChI=1S/C22H22N4O6S2/c1-14-5-7-16(8-6-14)33(28,29)19-10-9-17(34(30,31)25(2)3)11-18(19)26-13-15(12-23)20(24)21(26)22(27)32-4/h5-11,13H,24H2,1-4H3. The lowest BCUT2D eigenvalue weighted by atomic mass is 10.2. The lowest BCUT2D eigenvalue weighted by molar-refractivity contribution is 0.0593. The molecule has 0 amide bonds. The molecule has 2 aromatic carbocycles. The molecule has 0 saturated carbocycles. The van der Waals surface area contributed by atoms with E-state index in [0.717, 1.165) is 45.9 Å². The van der Waals surface area contributed by atoms with E-state index in [1.165, 1.54) is 26.2 Å². The molecule has 12 heteroatoms. The lowest BCUT2D eigenvalue weighted by Crippen LogP contribution is -2.23. The van der Waals surface area contributed by atoms with E-state index in [0.29, 0.717) is 0 Å². The van der Waals surface area contributed by atoms with Crippen LogP contribution in [0.3, 0.4) is 0 Å². The van der Waals surface area contributed by atoms with Crippen molar-refractivity contribution in [3.8, 4) is 11.8 Å². The van der Waals surface area contributed by atoms with E-state index >= 15 is 0 Å². The highest BCUT2D eigenvalue weighted by molar-refractivity contribution is 7.91. The molecule has 0 bridgehead atoms. The average molecular weight is 503 g/mol. The molecule has 0 unspecified atom stereocenters. The molecule has 0 aliphatic heterocycles. The number of anilines is 1. The summed E-state index contributed by atoms with van der Waals surface area (Å²) in [5.74, 6) is -0.932. The minimum atomic E-state index is -4.18. The Morgan fingerprint density at radius 2 is 1.65 bits per heavy atom. The highest BCUT2D eigenvalue weighted by atomic mass is 32.2. The number of aryl methyl sites for hydroxylation is 1. The normalized spacial score (nSPS) is 11.9. The summed E-state index contributed by atoms with van der Waals surface area (Å²) in [6, 6.07) is 11.3. The number of ether oxygens (including phenoxy) is 1. The van der Waals surface area contributed by atoms with E-state index in [4.69, 9.17) is 10.5 Å². The summed E-state index contributed by atoms with van der Waals surface area (Å²) in [5, 5.41) is 9.43. The molecule has 0 radical (unpaired) electrons. The zero-order valence-corrected chi connectivity index (χ0v) is 20.4. The van der Waals surface area contributed by atoms with Gasteiger partial charge in [0.15, 0.2) is 5.69 Å². The molecule has 1 heterocycles. The van der Waals surface area contributed by atoms with Crippen LogP contribution in [0.15, 0.2) is 63.3 Å². The van der Waals surface area contributed by atoms with Crippen molar-refractivity contribution in [3.63, 3.8) is 0 Å². The number of methoxy groups -OCH3 is 1. The smallest absolute Gasteiger partial charge is 0.357 e. The fraction of sp³-hybridized carbons (Fsp3) is 0.182. The number of carbonyl (C=O) groups is 1. The first-order chi connectivity index (χ1) is 15.9. The highest BCUT2D eigenvalue weighted by Gasteiger charge is 2.30. The number of nitrogens with two attached hydrogens (primary N) is 1. The van der Waals surface area contributed by atoms with Crippen molar-refractivity contribution in [3.05, 3.63) is 65.5 Å². The number of hydrogen-bond acceptors (Lipinski definition) is 8. The van der Waals surface area contributed by atoms with Gasteiger partial charge in [-0.25, -0.2) is 25.9 Å². The molecule has 0 fully saturated rings. The van der Waals surface area contributed by atoms with E-state index in [2.05, 4.69) is 0 Å². The van der Waals surface area contributed by atoms with Crippen LogP contribution >= 0.6 is 0 Å². The van der Waals surface area contributed by atoms with Crippen molar-refractivity contribution >= 4 is 31.5 Å². The van der Waals surface area contributed by atoms with Crippen LogP contribution in [-0.2, 0) is 24.6 Å². The van der Waals surface area contributed by atoms with Crippen LogP contribution in [0, 0.1) is 18.3 Å². The van der Waals surface area contributed by atoms with Gasteiger partial charge in [0, 0.05) is 20.3 Å². The Bertz CT molecular complexity index is 1530. The van der Waals surface area contributed by atoms with Crippen molar-refractivity contribution in [1.82, 2.24) is 8.87 Å². The van der Waals surface area contributed by atoms with Crippen LogP contribution < -0.4 is 5.73 Å². The zero-order valence-electron chi connectivity index (χ0n) is 18.8. The maximum absolute atomic E-state index is 13.6. The van der Waals surface area contributed by atoms with Gasteiger partial charge >= 0.3 is 5.97 Å². The zero-order chi connectivity index (χ0) is 25.4. The summed E-state index contributed by atoms with van der Waals surface area (Å²) in [5.41, 5.74) is 5.98. The second-order valence-electron chi connectivity index (χ2n) is 7.51. The predicted molar refractivity (Wildman–Crippen MR) is 124 cm³/mol. The summed E-state index contributed by atoms with van der Waals surface area (Å²) in [7, 11) is -4.40. The van der Waals surface area contributed by atoms with Gasteiger partial charge in [-0.3, -0.25) is 0 Å². The first-order valence-electron chi connectivity index (χ1n) is 9.74. The number of nitriles is 1. The van der Waals surface area contributed by atoms with E-state index in [1.807, 2.05) is 6.07 Å². The second-order valence-corrected chi connectivity index (χ2v) is 11.6. The van der Waals surface area contributed by atoms with Gasteiger partial charge in [0.2, 0.25) is 19.9 Å². The molecule has 0 aliphatic carbocycles. The topological polar surface area (TPSA) is 153 Å². The molecule has 3 aromatic rings. The summed E-state index contributed by atoms with van der Waals surface area (Å²) in [6.45, 7) is 1.80. The van der Waals surface area contributed by atoms with Gasteiger partial charge in [-0.2, -0.15) is 5.26 Å². The van der Waals surface area contributed by atoms with Gasteiger partial charge in [0.25, 0.3) is 0 Å². The Hall–Kier alpha value is -3.66. The summed E-state index contributed by atoms with van der Waals surface area (Å²) in [6.07, 6.45) is 1.16. The lowest BCUT2D eigenvalue weighted by Gasteiger charge is -2.17. The molecular formula is C22H22N4O6S2. The second kappa shape index (κ2) is 8.94. The number of sulfonamides is 1. The van der Waals surface area contributed by atoms with Crippen LogP contribution in [0.1, 0.15) is 21.6 Å². The Kier molecular flexibility index (Phi) is 6.57. The molecule has 0 atom stereocenters. The first-order valence-corrected chi connectivity index (χ1v) is 12.7. The SMILES string of the molecule is COC(=O)c1c(N)c(C#N)cn1-c1cc(S(=O)(=O)N(C)C)ccc1S(=O)(=O)c1ccc(C)cc1. The van der Waals surface area contributed by atoms with Crippen LogP contribution in [0.5, 0.6) is 0 Å². The number of sulfone groups is 1. The number of nitrogens with zero attached hydrogens (tertiary/aromatic N) is 3. The Morgan fingerprint density at radius 3 is 2.18 bits per heavy atom. The number of nitrogen functional groups attached to an aromatic ring is 1. The van der Waals surface area contributed by atoms with Gasteiger partial charge < -0.3 is 15.0 Å². The minimum absolute atomic E-state index is 0.0391. The third-order valence-electron chi connectivity index (χ3n) is 5.13. The monoisotopic (exact) mass is 502 g/mol. The van der Waals surface area contributed by atoms with Crippen LogP contribution in [-0.4, -0.2) is 52.9 Å². The first kappa shape index (κ1) is 25.0. The number of benzene rings is 2. The molecular weight excluding hydrogens is 480 g/mol. The van der Waals surface area contributed by atoms with Gasteiger partial charge in [-0.05, 0) is 37.3 Å². The van der Waals surface area contributed by atoms with E-state index in [-0.39, 0.29) is 37.3 Å². The average Bonchev–Trinajstić information content (AvgIpc) is 3.14. The van der Waals surface area contributed by atoms with Crippen molar-refractivity contribution in [2.45, 2.75) is 21.6 Å². The van der Waals surface area contributed by atoms with Gasteiger partial charge in [-0.1, -0.05) is 17.7 Å². The minimum Gasteiger partial charge on any atom is -0.464 e. The van der Waals surface area contributed by atoms with Crippen molar-refractivity contribution in [2.75, 3.05) is 26.9 Å². The van der Waals surface area contributed by atoms with Crippen LogP contribution in [0.2, 0.25) is 0 Å². The number of esters is 1. The van der Waals surface area contributed by atoms with Crippen LogP contribution in [0.4, 0.5) is 5.69 Å². The third kappa shape index (κ3) is 4.16. The summed E-state index contributed by atoms with van der Waals surface area (Å²) < 4.78 is 59.5. The van der Waals surface area contributed by atoms with Gasteiger partial charge in [0.05, 0.1) is 38.7 Å². The molecule has 1 aromatic heterocycles. The highest BCUT2D eigenvalue weighted by Crippen LogP contribution is 2.33. The molecule has 0 spiro atoms. The number of hydrogen-bond donors (Lipinski definition) is 1. The van der Waals surface area contributed by atoms with Crippen molar-refractivity contribution in [2.24, 2.45) is 0 Å². The Morgan fingerprint density at radius 1 is 1.06 bits per heavy atom.